The predicted octanol–water partition coefficient (Wildman–Crippen LogP) is 2.98. The lowest BCUT2D eigenvalue weighted by atomic mass is 10.3. The molecule has 1 rings (SSSR count). The van der Waals surface area contributed by atoms with E-state index in [-0.39, 0.29) is 5.75 Å². The lowest BCUT2D eigenvalue weighted by Crippen LogP contribution is -2.02. The van der Waals surface area contributed by atoms with Gasteiger partial charge in [-0.25, -0.2) is 0 Å². The lowest BCUT2D eigenvalue weighted by Gasteiger charge is -2.07. The van der Waals surface area contributed by atoms with Gasteiger partial charge in [0.15, 0.2) is 0 Å². The Labute approximate surface area is 79.5 Å². The quantitative estimate of drug-likeness (QED) is 0.823. The van der Waals surface area contributed by atoms with Crippen molar-refractivity contribution in [3.05, 3.63) is 23.2 Å². The van der Waals surface area contributed by atoms with Crippen molar-refractivity contribution < 1.29 is 13.5 Å². The molecule has 0 aromatic heterocycles. The number of anilines is 1. The van der Waals surface area contributed by atoms with Crippen LogP contribution >= 0.6 is 11.6 Å². The first-order valence-corrected chi connectivity index (χ1v) is 3.93. The van der Waals surface area contributed by atoms with Crippen LogP contribution in [0.2, 0.25) is 5.02 Å². The normalized spacial score (nSPS) is 10.2. The van der Waals surface area contributed by atoms with Crippen LogP contribution in [-0.2, 0) is 0 Å². The molecule has 0 aliphatic carbocycles. The van der Waals surface area contributed by atoms with Gasteiger partial charge in [-0.15, -0.1) is 0 Å². The van der Waals surface area contributed by atoms with Crippen LogP contribution in [0.15, 0.2) is 18.2 Å². The Morgan fingerprint density at radius 2 is 2.08 bits per heavy atom. The van der Waals surface area contributed by atoms with Gasteiger partial charge in [-0.05, 0) is 12.1 Å². The largest absolute Gasteiger partial charge is 0.435 e. The summed E-state index contributed by atoms with van der Waals surface area (Å²) in [6.07, 6.45) is 0. The second-order valence-electron chi connectivity index (χ2n) is 2.30. The zero-order chi connectivity index (χ0) is 9.84. The SMILES string of the molecule is CNc1cc(Cl)cc(OC(F)F)c1. The van der Waals surface area contributed by atoms with E-state index in [9.17, 15) is 8.78 Å². The number of rotatable bonds is 3. The minimum atomic E-state index is -2.83. The van der Waals surface area contributed by atoms with Crippen molar-refractivity contribution in [2.45, 2.75) is 6.61 Å². The zero-order valence-electron chi connectivity index (χ0n) is 6.85. The maximum absolute atomic E-state index is 11.8. The van der Waals surface area contributed by atoms with Gasteiger partial charge in [-0.3, -0.25) is 0 Å². The molecule has 0 fully saturated rings. The van der Waals surface area contributed by atoms with E-state index < -0.39 is 6.61 Å². The van der Waals surface area contributed by atoms with Crippen molar-refractivity contribution >= 4 is 17.3 Å². The Hall–Kier alpha value is -1.03. The van der Waals surface area contributed by atoms with E-state index in [0.29, 0.717) is 10.7 Å². The molecule has 0 spiro atoms. The topological polar surface area (TPSA) is 21.3 Å². The van der Waals surface area contributed by atoms with Gasteiger partial charge in [-0.1, -0.05) is 11.6 Å². The molecule has 72 valence electrons. The van der Waals surface area contributed by atoms with Crippen LogP contribution in [0.25, 0.3) is 0 Å². The van der Waals surface area contributed by atoms with Crippen molar-refractivity contribution in [2.75, 3.05) is 12.4 Å². The highest BCUT2D eigenvalue weighted by Gasteiger charge is 2.05. The van der Waals surface area contributed by atoms with Gasteiger partial charge in [0.2, 0.25) is 0 Å². The van der Waals surface area contributed by atoms with Gasteiger partial charge in [0.05, 0.1) is 0 Å². The van der Waals surface area contributed by atoms with Gasteiger partial charge in [0.25, 0.3) is 0 Å². The second kappa shape index (κ2) is 4.28. The second-order valence-corrected chi connectivity index (χ2v) is 2.74. The summed E-state index contributed by atoms with van der Waals surface area (Å²) in [7, 11) is 1.66. The third-order valence-corrected chi connectivity index (χ3v) is 1.60. The third-order valence-electron chi connectivity index (χ3n) is 1.39. The van der Waals surface area contributed by atoms with Crippen LogP contribution in [-0.4, -0.2) is 13.7 Å². The molecular weight excluding hydrogens is 200 g/mol. The number of hydrogen-bond donors (Lipinski definition) is 1. The molecule has 0 bridgehead atoms. The van der Waals surface area contributed by atoms with Crippen LogP contribution < -0.4 is 10.1 Å². The van der Waals surface area contributed by atoms with Crippen LogP contribution in [0.4, 0.5) is 14.5 Å². The summed E-state index contributed by atoms with van der Waals surface area (Å²) in [4.78, 5) is 0. The highest BCUT2D eigenvalue weighted by molar-refractivity contribution is 6.31. The molecule has 2 nitrogen and oxygen atoms in total. The predicted molar refractivity (Wildman–Crippen MR) is 47.6 cm³/mol. The number of ether oxygens (including phenoxy) is 1. The third kappa shape index (κ3) is 3.06. The molecule has 0 aliphatic rings. The summed E-state index contributed by atoms with van der Waals surface area (Å²) in [6, 6.07) is 4.38. The highest BCUT2D eigenvalue weighted by atomic mass is 35.5. The van der Waals surface area contributed by atoms with Gasteiger partial charge >= 0.3 is 6.61 Å². The first kappa shape index (κ1) is 10.1. The molecule has 1 aromatic rings. The van der Waals surface area contributed by atoms with Crippen molar-refractivity contribution in [1.82, 2.24) is 0 Å². The molecule has 13 heavy (non-hydrogen) atoms. The van der Waals surface area contributed by atoms with Crippen molar-refractivity contribution in [2.24, 2.45) is 0 Å². The smallest absolute Gasteiger partial charge is 0.387 e. The Kier molecular flexibility index (Phi) is 3.31. The highest BCUT2D eigenvalue weighted by Crippen LogP contribution is 2.25. The molecule has 0 saturated heterocycles. The molecule has 1 N–H and O–H groups in total. The molecule has 0 radical (unpaired) electrons. The Morgan fingerprint density at radius 3 is 2.62 bits per heavy atom. The molecule has 0 heterocycles. The summed E-state index contributed by atoms with van der Waals surface area (Å²) in [5.41, 5.74) is 0.628. The zero-order valence-corrected chi connectivity index (χ0v) is 7.61. The molecule has 0 aliphatic heterocycles. The monoisotopic (exact) mass is 207 g/mol. The van der Waals surface area contributed by atoms with E-state index in [2.05, 4.69) is 10.1 Å². The summed E-state index contributed by atoms with van der Waals surface area (Å²) in [5, 5.41) is 3.12. The first-order valence-electron chi connectivity index (χ1n) is 3.55. The van der Waals surface area contributed by atoms with E-state index in [4.69, 9.17) is 11.6 Å². The Balaban J connectivity index is 2.88. The van der Waals surface area contributed by atoms with Crippen LogP contribution in [0.5, 0.6) is 5.75 Å². The molecule has 0 saturated carbocycles. The van der Waals surface area contributed by atoms with E-state index in [0.717, 1.165) is 0 Å². The minimum Gasteiger partial charge on any atom is -0.435 e. The fourth-order valence-corrected chi connectivity index (χ4v) is 1.10. The van der Waals surface area contributed by atoms with E-state index in [1.807, 2.05) is 0 Å². The maximum Gasteiger partial charge on any atom is 0.387 e. The molecule has 0 atom stereocenters. The number of benzene rings is 1. The van der Waals surface area contributed by atoms with Crippen LogP contribution in [0.3, 0.4) is 0 Å². The Morgan fingerprint density at radius 1 is 1.38 bits per heavy atom. The lowest BCUT2D eigenvalue weighted by molar-refractivity contribution is -0.0497. The van der Waals surface area contributed by atoms with Gasteiger partial charge < -0.3 is 10.1 Å². The fraction of sp³-hybridized carbons (Fsp3) is 0.250. The summed E-state index contributed by atoms with van der Waals surface area (Å²) in [6.45, 7) is -2.83. The first-order chi connectivity index (χ1) is 6.11. The van der Waals surface area contributed by atoms with Gasteiger partial charge in [0.1, 0.15) is 5.75 Å². The fourth-order valence-electron chi connectivity index (χ4n) is 0.878. The van der Waals surface area contributed by atoms with E-state index in [1.165, 1.54) is 12.1 Å². The summed E-state index contributed by atoms with van der Waals surface area (Å²) >= 11 is 5.65. The van der Waals surface area contributed by atoms with Crippen molar-refractivity contribution in [3.8, 4) is 5.75 Å². The molecule has 0 amide bonds. The average molecular weight is 208 g/mol. The molecule has 5 heteroatoms. The minimum absolute atomic E-state index is 0.0480. The van der Waals surface area contributed by atoms with E-state index in [1.54, 1.807) is 13.1 Å². The number of halogens is 3. The summed E-state index contributed by atoms with van der Waals surface area (Å²) < 4.78 is 27.8. The number of nitrogens with one attached hydrogen (secondary N) is 1. The standard InChI is InChI=1S/C8H8ClF2NO/c1-12-6-2-5(9)3-7(4-6)13-8(10)11/h2-4,8,12H,1H3. The van der Waals surface area contributed by atoms with Crippen molar-refractivity contribution in [3.63, 3.8) is 0 Å². The van der Waals surface area contributed by atoms with Crippen LogP contribution in [0.1, 0.15) is 0 Å². The van der Waals surface area contributed by atoms with E-state index >= 15 is 0 Å². The van der Waals surface area contributed by atoms with Crippen molar-refractivity contribution in [1.29, 1.82) is 0 Å². The van der Waals surface area contributed by atoms with Crippen LogP contribution in [0, 0.1) is 0 Å². The Bertz CT molecular complexity index is 293. The molecular formula is C8H8ClF2NO. The average Bonchev–Trinajstić information content (AvgIpc) is 2.01. The maximum atomic E-state index is 11.8. The van der Waals surface area contributed by atoms with Gasteiger partial charge in [0, 0.05) is 23.8 Å². The molecule has 0 unspecified atom stereocenters. The summed E-state index contributed by atoms with van der Waals surface area (Å²) in [5.74, 6) is 0.0480. The molecule has 1 aromatic carbocycles. The van der Waals surface area contributed by atoms with Gasteiger partial charge in [-0.2, -0.15) is 8.78 Å². The number of alkyl halides is 2. The number of hydrogen-bond acceptors (Lipinski definition) is 2.